The SMILES string of the molecule is CNc1nc(C(C)OC)nc2c1CCCCC2. The number of ether oxygens (including phenoxy) is 1. The van der Waals surface area contributed by atoms with Gasteiger partial charge in [0.2, 0.25) is 0 Å². The van der Waals surface area contributed by atoms with E-state index in [2.05, 4.69) is 15.3 Å². The van der Waals surface area contributed by atoms with E-state index in [4.69, 9.17) is 4.74 Å². The number of hydrogen-bond donors (Lipinski definition) is 1. The molecule has 0 aromatic carbocycles. The maximum atomic E-state index is 5.31. The van der Waals surface area contributed by atoms with E-state index in [1.807, 2.05) is 14.0 Å². The first kappa shape index (κ1) is 12.3. The lowest BCUT2D eigenvalue weighted by molar-refractivity contribution is 0.112. The summed E-state index contributed by atoms with van der Waals surface area (Å²) in [4.78, 5) is 9.25. The van der Waals surface area contributed by atoms with Gasteiger partial charge in [0, 0.05) is 25.4 Å². The smallest absolute Gasteiger partial charge is 0.159 e. The lowest BCUT2D eigenvalue weighted by Gasteiger charge is -2.15. The van der Waals surface area contributed by atoms with Gasteiger partial charge in [-0.1, -0.05) is 6.42 Å². The molecule has 1 aromatic rings. The van der Waals surface area contributed by atoms with Crippen LogP contribution >= 0.6 is 0 Å². The van der Waals surface area contributed by atoms with Gasteiger partial charge < -0.3 is 10.1 Å². The van der Waals surface area contributed by atoms with Gasteiger partial charge in [0.1, 0.15) is 11.9 Å². The van der Waals surface area contributed by atoms with E-state index in [-0.39, 0.29) is 6.10 Å². The molecule has 0 amide bonds. The Morgan fingerprint density at radius 2 is 1.94 bits per heavy atom. The molecule has 1 heterocycles. The minimum Gasteiger partial charge on any atom is -0.374 e. The summed E-state index contributed by atoms with van der Waals surface area (Å²) in [5.74, 6) is 1.77. The highest BCUT2D eigenvalue weighted by Gasteiger charge is 2.18. The van der Waals surface area contributed by atoms with Crippen LogP contribution in [0, 0.1) is 0 Å². The van der Waals surface area contributed by atoms with Crippen LogP contribution in [0.25, 0.3) is 0 Å². The molecule has 17 heavy (non-hydrogen) atoms. The second-order valence-electron chi connectivity index (χ2n) is 4.54. The van der Waals surface area contributed by atoms with E-state index in [0.29, 0.717) is 0 Å². The maximum Gasteiger partial charge on any atom is 0.159 e. The molecule has 4 heteroatoms. The molecular weight excluding hydrogens is 214 g/mol. The molecule has 1 N–H and O–H groups in total. The van der Waals surface area contributed by atoms with Crippen molar-refractivity contribution < 1.29 is 4.74 Å². The monoisotopic (exact) mass is 235 g/mol. The number of rotatable bonds is 3. The lowest BCUT2D eigenvalue weighted by atomic mass is 10.1. The summed E-state index contributed by atoms with van der Waals surface area (Å²) >= 11 is 0. The van der Waals surface area contributed by atoms with E-state index < -0.39 is 0 Å². The van der Waals surface area contributed by atoms with E-state index >= 15 is 0 Å². The van der Waals surface area contributed by atoms with Crippen molar-refractivity contribution in [2.45, 2.75) is 45.1 Å². The zero-order valence-corrected chi connectivity index (χ0v) is 10.9. The predicted octanol–water partition coefficient (Wildman–Crippen LogP) is 2.49. The zero-order chi connectivity index (χ0) is 12.3. The molecule has 0 radical (unpaired) electrons. The van der Waals surface area contributed by atoms with Crippen molar-refractivity contribution in [3.8, 4) is 0 Å². The van der Waals surface area contributed by atoms with Crippen LogP contribution in [0.2, 0.25) is 0 Å². The fourth-order valence-electron chi connectivity index (χ4n) is 2.28. The summed E-state index contributed by atoms with van der Waals surface area (Å²) in [5.41, 5.74) is 2.51. The Hall–Kier alpha value is -1.16. The molecule has 0 fully saturated rings. The summed E-state index contributed by atoms with van der Waals surface area (Å²) in [7, 11) is 3.62. The van der Waals surface area contributed by atoms with Crippen LogP contribution in [-0.4, -0.2) is 24.1 Å². The van der Waals surface area contributed by atoms with E-state index in [0.717, 1.165) is 24.5 Å². The molecule has 94 valence electrons. The summed E-state index contributed by atoms with van der Waals surface area (Å²) < 4.78 is 5.31. The first-order valence-corrected chi connectivity index (χ1v) is 6.36. The van der Waals surface area contributed by atoms with E-state index in [1.54, 1.807) is 7.11 Å². The van der Waals surface area contributed by atoms with E-state index in [1.165, 1.54) is 30.5 Å². The Morgan fingerprint density at radius 1 is 1.18 bits per heavy atom. The maximum absolute atomic E-state index is 5.31. The van der Waals surface area contributed by atoms with Gasteiger partial charge in [-0.05, 0) is 32.6 Å². The first-order valence-electron chi connectivity index (χ1n) is 6.36. The van der Waals surface area contributed by atoms with Gasteiger partial charge in [-0.2, -0.15) is 0 Å². The Balaban J connectivity index is 2.43. The number of aromatic nitrogens is 2. The van der Waals surface area contributed by atoms with Crippen molar-refractivity contribution in [1.29, 1.82) is 0 Å². The third-order valence-corrected chi connectivity index (χ3v) is 3.40. The molecule has 1 aliphatic carbocycles. The van der Waals surface area contributed by atoms with Crippen LogP contribution in [0.3, 0.4) is 0 Å². The van der Waals surface area contributed by atoms with Crippen LogP contribution in [-0.2, 0) is 17.6 Å². The molecule has 1 atom stereocenters. The topological polar surface area (TPSA) is 47.0 Å². The molecular formula is C13H21N3O. The Kier molecular flexibility index (Phi) is 3.94. The number of hydrogen-bond acceptors (Lipinski definition) is 4. The van der Waals surface area contributed by atoms with Crippen molar-refractivity contribution >= 4 is 5.82 Å². The number of nitrogens with one attached hydrogen (secondary N) is 1. The molecule has 0 bridgehead atoms. The number of fused-ring (bicyclic) bond motifs is 1. The summed E-state index contributed by atoms with van der Waals surface area (Å²) in [6.07, 6.45) is 5.87. The van der Waals surface area contributed by atoms with Crippen molar-refractivity contribution in [3.63, 3.8) is 0 Å². The summed E-state index contributed by atoms with van der Waals surface area (Å²) in [6.45, 7) is 1.98. The average Bonchev–Trinajstić information content (AvgIpc) is 2.61. The molecule has 0 saturated carbocycles. The quantitative estimate of drug-likeness (QED) is 0.818. The van der Waals surface area contributed by atoms with Gasteiger partial charge in [0.25, 0.3) is 0 Å². The Morgan fingerprint density at radius 3 is 2.65 bits per heavy atom. The van der Waals surface area contributed by atoms with Crippen molar-refractivity contribution in [2.24, 2.45) is 0 Å². The van der Waals surface area contributed by atoms with Gasteiger partial charge >= 0.3 is 0 Å². The van der Waals surface area contributed by atoms with Gasteiger partial charge in [-0.15, -0.1) is 0 Å². The normalized spacial score (nSPS) is 17.1. The molecule has 1 unspecified atom stereocenters. The number of aryl methyl sites for hydroxylation is 1. The van der Waals surface area contributed by atoms with Crippen molar-refractivity contribution in [3.05, 3.63) is 17.1 Å². The minimum absolute atomic E-state index is 0.0457. The van der Waals surface area contributed by atoms with Crippen molar-refractivity contribution in [1.82, 2.24) is 9.97 Å². The van der Waals surface area contributed by atoms with Gasteiger partial charge in [0.05, 0.1) is 0 Å². The van der Waals surface area contributed by atoms with Crippen molar-refractivity contribution in [2.75, 3.05) is 19.5 Å². The number of anilines is 1. The van der Waals surface area contributed by atoms with Crippen LogP contribution in [0.4, 0.5) is 5.82 Å². The first-order chi connectivity index (χ1) is 8.26. The van der Waals surface area contributed by atoms with Gasteiger partial charge in [0.15, 0.2) is 5.82 Å². The van der Waals surface area contributed by atoms with Gasteiger partial charge in [-0.25, -0.2) is 9.97 Å². The second kappa shape index (κ2) is 5.45. The third kappa shape index (κ3) is 2.57. The molecule has 4 nitrogen and oxygen atoms in total. The molecule has 1 aromatic heterocycles. The Bertz CT molecular complexity index is 392. The highest BCUT2D eigenvalue weighted by Crippen LogP contribution is 2.26. The molecule has 0 spiro atoms. The summed E-state index contributed by atoms with van der Waals surface area (Å²) in [5, 5.41) is 3.20. The molecule has 0 saturated heterocycles. The van der Waals surface area contributed by atoms with Crippen LogP contribution in [0.5, 0.6) is 0 Å². The molecule has 2 rings (SSSR count). The minimum atomic E-state index is -0.0457. The summed E-state index contributed by atoms with van der Waals surface area (Å²) in [6, 6.07) is 0. The largest absolute Gasteiger partial charge is 0.374 e. The highest BCUT2D eigenvalue weighted by molar-refractivity contribution is 5.47. The second-order valence-corrected chi connectivity index (χ2v) is 4.54. The highest BCUT2D eigenvalue weighted by atomic mass is 16.5. The number of nitrogens with zero attached hydrogens (tertiary/aromatic N) is 2. The standard InChI is InChI=1S/C13H21N3O/c1-9(17-3)12-15-11-8-6-4-5-7-10(11)13(14-2)16-12/h9H,4-8H2,1-3H3,(H,14,15,16). The van der Waals surface area contributed by atoms with Crippen LogP contribution in [0.1, 0.15) is 49.4 Å². The Labute approximate surface area is 103 Å². The number of methoxy groups -OCH3 is 1. The fraction of sp³-hybridized carbons (Fsp3) is 0.692. The molecule has 1 aliphatic rings. The average molecular weight is 235 g/mol. The molecule has 0 aliphatic heterocycles. The zero-order valence-electron chi connectivity index (χ0n) is 10.9. The van der Waals surface area contributed by atoms with Crippen LogP contribution < -0.4 is 5.32 Å². The lowest BCUT2D eigenvalue weighted by Crippen LogP contribution is -2.11. The fourth-order valence-corrected chi connectivity index (χ4v) is 2.28. The van der Waals surface area contributed by atoms with E-state index in [9.17, 15) is 0 Å². The van der Waals surface area contributed by atoms with Crippen LogP contribution in [0.15, 0.2) is 0 Å². The predicted molar refractivity (Wildman–Crippen MR) is 68.3 cm³/mol. The third-order valence-electron chi connectivity index (χ3n) is 3.40. The van der Waals surface area contributed by atoms with Gasteiger partial charge in [-0.3, -0.25) is 0 Å².